The van der Waals surface area contributed by atoms with Gasteiger partial charge in [-0.25, -0.2) is 4.98 Å². The van der Waals surface area contributed by atoms with Gasteiger partial charge in [0, 0.05) is 19.2 Å². The van der Waals surface area contributed by atoms with Crippen LogP contribution < -0.4 is 31.5 Å². The first-order chi connectivity index (χ1) is 15.0. The first-order valence-corrected chi connectivity index (χ1v) is 9.75. The van der Waals surface area contributed by atoms with Gasteiger partial charge in [-0.1, -0.05) is 12.1 Å². The molecule has 1 amide bonds. The Morgan fingerprint density at radius 2 is 1.94 bits per heavy atom. The molecule has 1 aromatic heterocycles. The van der Waals surface area contributed by atoms with Gasteiger partial charge in [-0.15, -0.1) is 0 Å². The van der Waals surface area contributed by atoms with Crippen molar-refractivity contribution >= 4 is 34.0 Å². The summed E-state index contributed by atoms with van der Waals surface area (Å²) in [7, 11) is 0. The summed E-state index contributed by atoms with van der Waals surface area (Å²) in [5.74, 6) is 0.545. The van der Waals surface area contributed by atoms with Gasteiger partial charge in [0.2, 0.25) is 5.91 Å². The van der Waals surface area contributed by atoms with Gasteiger partial charge >= 0.3 is 0 Å². The molecular weight excluding hydrogens is 398 g/mol. The molecule has 1 heterocycles. The smallest absolute Gasteiger partial charge is 0.253 e. The average molecular weight is 419 g/mol. The molecule has 31 heavy (non-hydrogen) atoms. The molecule has 9 nitrogen and oxygen atoms in total. The number of carbonyl (C=O) groups is 1. The number of H-pyrrole nitrogens is 1. The normalized spacial score (nSPS) is 10.9. The van der Waals surface area contributed by atoms with E-state index < -0.39 is 10.9 Å². The van der Waals surface area contributed by atoms with Gasteiger partial charge in [0.05, 0.1) is 23.9 Å². The van der Waals surface area contributed by atoms with E-state index in [0.717, 1.165) is 16.6 Å². The lowest BCUT2D eigenvalue weighted by Gasteiger charge is -2.15. The SMILES string of the molecule is CC(=O)NCCOc1cccc(CNc2c(Nc3ccc4[nH]cnc4c3)c(=O)c2=O)c1. The van der Waals surface area contributed by atoms with Crippen molar-refractivity contribution < 1.29 is 9.53 Å². The average Bonchev–Trinajstić information content (AvgIpc) is 3.24. The maximum absolute atomic E-state index is 12.1. The van der Waals surface area contributed by atoms with E-state index in [1.165, 1.54) is 6.92 Å². The van der Waals surface area contributed by atoms with Crippen molar-refractivity contribution in [2.45, 2.75) is 13.5 Å². The lowest BCUT2D eigenvalue weighted by molar-refractivity contribution is -0.119. The Bertz CT molecular complexity index is 1300. The number of aromatic amines is 1. The summed E-state index contributed by atoms with van der Waals surface area (Å²) in [4.78, 5) is 42.2. The molecule has 0 atom stereocenters. The number of anilines is 3. The van der Waals surface area contributed by atoms with E-state index in [9.17, 15) is 14.4 Å². The number of rotatable bonds is 9. The van der Waals surface area contributed by atoms with E-state index in [4.69, 9.17) is 4.74 Å². The quantitative estimate of drug-likeness (QED) is 0.242. The Hall–Kier alpha value is -4.14. The van der Waals surface area contributed by atoms with Gasteiger partial charge < -0.3 is 25.7 Å². The van der Waals surface area contributed by atoms with Crippen molar-refractivity contribution in [3.05, 3.63) is 74.8 Å². The minimum atomic E-state index is -0.556. The molecule has 9 heteroatoms. The summed E-state index contributed by atoms with van der Waals surface area (Å²) in [5.41, 5.74) is 2.58. The van der Waals surface area contributed by atoms with Crippen LogP contribution >= 0.6 is 0 Å². The minimum Gasteiger partial charge on any atom is -0.492 e. The van der Waals surface area contributed by atoms with Crippen LogP contribution in [0.2, 0.25) is 0 Å². The Balaban J connectivity index is 1.40. The second-order valence-electron chi connectivity index (χ2n) is 7.00. The van der Waals surface area contributed by atoms with Crippen LogP contribution in [0, 0.1) is 0 Å². The summed E-state index contributed by atoms with van der Waals surface area (Å²) in [6.45, 7) is 2.57. The molecule has 0 aliphatic carbocycles. The largest absolute Gasteiger partial charge is 0.492 e. The van der Waals surface area contributed by atoms with Crippen molar-refractivity contribution in [2.24, 2.45) is 0 Å². The maximum Gasteiger partial charge on any atom is 0.253 e. The summed E-state index contributed by atoms with van der Waals surface area (Å²) >= 11 is 0. The molecule has 0 spiro atoms. The highest BCUT2D eigenvalue weighted by Crippen LogP contribution is 2.24. The minimum absolute atomic E-state index is 0.108. The van der Waals surface area contributed by atoms with Gasteiger partial charge in [-0.3, -0.25) is 14.4 Å². The lowest BCUT2D eigenvalue weighted by atomic mass is 10.1. The fraction of sp³-hybridized carbons (Fsp3) is 0.182. The number of benzene rings is 2. The van der Waals surface area contributed by atoms with Gasteiger partial charge in [0.15, 0.2) is 0 Å². The molecule has 0 unspecified atom stereocenters. The number of aromatic nitrogens is 2. The summed E-state index contributed by atoms with van der Waals surface area (Å²) in [6, 6.07) is 12.8. The van der Waals surface area contributed by atoms with Crippen molar-refractivity contribution in [3.63, 3.8) is 0 Å². The number of nitrogens with zero attached hydrogens (tertiary/aromatic N) is 1. The number of nitrogens with one attached hydrogen (secondary N) is 4. The topological polar surface area (TPSA) is 125 Å². The van der Waals surface area contributed by atoms with Crippen molar-refractivity contribution in [1.82, 2.24) is 15.3 Å². The van der Waals surface area contributed by atoms with E-state index in [-0.39, 0.29) is 17.3 Å². The van der Waals surface area contributed by atoms with Gasteiger partial charge in [0.1, 0.15) is 23.7 Å². The molecule has 0 aliphatic rings. The third kappa shape index (κ3) is 4.55. The fourth-order valence-corrected chi connectivity index (χ4v) is 3.17. The number of ether oxygens (including phenoxy) is 1. The summed E-state index contributed by atoms with van der Waals surface area (Å²) in [6.07, 6.45) is 1.59. The van der Waals surface area contributed by atoms with Crippen LogP contribution in [-0.4, -0.2) is 29.0 Å². The summed E-state index contributed by atoms with van der Waals surface area (Å²) < 4.78 is 5.61. The molecule has 0 radical (unpaired) electrons. The first kappa shape index (κ1) is 20.1. The highest BCUT2D eigenvalue weighted by atomic mass is 16.5. The maximum atomic E-state index is 12.1. The van der Waals surface area contributed by atoms with E-state index in [0.29, 0.717) is 31.1 Å². The number of fused-ring (bicyclic) bond motifs is 1. The Kier molecular flexibility index (Phi) is 5.65. The lowest BCUT2D eigenvalue weighted by Crippen LogP contribution is -2.36. The molecule has 0 saturated carbocycles. The second kappa shape index (κ2) is 8.70. The highest BCUT2D eigenvalue weighted by Gasteiger charge is 2.21. The van der Waals surface area contributed by atoms with E-state index in [1.54, 1.807) is 12.4 Å². The first-order valence-electron chi connectivity index (χ1n) is 9.75. The van der Waals surface area contributed by atoms with Crippen LogP contribution in [0.5, 0.6) is 5.75 Å². The van der Waals surface area contributed by atoms with E-state index in [2.05, 4.69) is 25.9 Å². The number of hydrogen-bond acceptors (Lipinski definition) is 7. The molecular formula is C22H21N5O4. The highest BCUT2D eigenvalue weighted by molar-refractivity contribution is 5.84. The molecule has 0 aliphatic heterocycles. The number of hydrogen-bond donors (Lipinski definition) is 4. The predicted molar refractivity (Wildman–Crippen MR) is 119 cm³/mol. The van der Waals surface area contributed by atoms with Crippen LogP contribution in [-0.2, 0) is 11.3 Å². The Labute approximate surface area is 177 Å². The van der Waals surface area contributed by atoms with Gasteiger partial charge in [-0.2, -0.15) is 0 Å². The van der Waals surface area contributed by atoms with Crippen LogP contribution in [0.25, 0.3) is 11.0 Å². The fourth-order valence-electron chi connectivity index (χ4n) is 3.17. The molecule has 4 aromatic rings. The van der Waals surface area contributed by atoms with E-state index in [1.807, 2.05) is 36.4 Å². The van der Waals surface area contributed by atoms with Crippen LogP contribution in [0.3, 0.4) is 0 Å². The number of amides is 1. The molecule has 4 N–H and O–H groups in total. The molecule has 0 saturated heterocycles. The zero-order valence-electron chi connectivity index (χ0n) is 16.8. The van der Waals surface area contributed by atoms with Crippen LogP contribution in [0.15, 0.2) is 58.4 Å². The zero-order chi connectivity index (χ0) is 21.8. The number of imidazole rings is 1. The third-order valence-corrected chi connectivity index (χ3v) is 4.71. The Morgan fingerprint density at radius 3 is 2.77 bits per heavy atom. The molecule has 0 fully saturated rings. The predicted octanol–water partition coefficient (Wildman–Crippen LogP) is 2.03. The van der Waals surface area contributed by atoms with Crippen molar-refractivity contribution in [2.75, 3.05) is 23.8 Å². The zero-order valence-corrected chi connectivity index (χ0v) is 16.8. The second-order valence-corrected chi connectivity index (χ2v) is 7.00. The Morgan fingerprint density at radius 1 is 1.10 bits per heavy atom. The third-order valence-electron chi connectivity index (χ3n) is 4.71. The van der Waals surface area contributed by atoms with Gasteiger partial charge in [-0.05, 0) is 35.9 Å². The monoisotopic (exact) mass is 419 g/mol. The summed E-state index contributed by atoms with van der Waals surface area (Å²) in [5, 5.41) is 8.72. The molecule has 3 aromatic carbocycles. The van der Waals surface area contributed by atoms with Crippen molar-refractivity contribution in [1.29, 1.82) is 0 Å². The van der Waals surface area contributed by atoms with Crippen LogP contribution in [0.1, 0.15) is 12.5 Å². The molecule has 4 rings (SSSR count). The van der Waals surface area contributed by atoms with Gasteiger partial charge in [0.25, 0.3) is 10.9 Å². The molecule has 158 valence electrons. The van der Waals surface area contributed by atoms with Crippen molar-refractivity contribution in [3.8, 4) is 5.75 Å². The van der Waals surface area contributed by atoms with Crippen LogP contribution in [0.4, 0.5) is 17.1 Å². The standard InChI is InChI=1S/C22H21N5O4/c1-13(28)23-7-8-31-16-4-2-3-14(9-16)11-24-19-20(22(30)21(19)29)27-15-5-6-17-18(10-15)26-12-25-17/h2-6,9-10,12,24,27H,7-8,11H2,1H3,(H,23,28)(H,25,26). The molecule has 0 bridgehead atoms. The van der Waals surface area contributed by atoms with E-state index >= 15 is 0 Å². The number of carbonyl (C=O) groups excluding carboxylic acids is 1.